The Morgan fingerprint density at radius 1 is 1.15 bits per heavy atom. The van der Waals surface area contributed by atoms with Crippen molar-refractivity contribution in [2.24, 2.45) is 0 Å². The zero-order valence-electron chi connectivity index (χ0n) is 21.4. The summed E-state index contributed by atoms with van der Waals surface area (Å²) in [6, 6.07) is 12.1. The van der Waals surface area contributed by atoms with Crippen molar-refractivity contribution in [3.8, 4) is 17.3 Å². The quantitative estimate of drug-likeness (QED) is 0.213. The lowest BCUT2D eigenvalue weighted by Gasteiger charge is -2.16. The van der Waals surface area contributed by atoms with Crippen LogP contribution in [0.15, 0.2) is 70.2 Å². The van der Waals surface area contributed by atoms with Gasteiger partial charge in [-0.15, -0.1) is 0 Å². The number of methoxy groups -OCH3 is 1. The minimum Gasteiger partial charge on any atom is -0.476 e. The highest BCUT2D eigenvalue weighted by Gasteiger charge is 2.26. The van der Waals surface area contributed by atoms with E-state index in [2.05, 4.69) is 15.1 Å². The Kier molecular flexibility index (Phi) is 8.62. The van der Waals surface area contributed by atoms with Gasteiger partial charge in [0.1, 0.15) is 16.5 Å². The van der Waals surface area contributed by atoms with E-state index < -0.39 is 27.7 Å². The summed E-state index contributed by atoms with van der Waals surface area (Å²) in [5.41, 5.74) is -0.0327. The molecular formula is C26H25FN4O8S. The normalized spacial score (nSPS) is 11.4. The van der Waals surface area contributed by atoms with Crippen LogP contribution in [0.3, 0.4) is 0 Å². The van der Waals surface area contributed by atoms with Crippen LogP contribution in [0.4, 0.5) is 10.1 Å². The molecular weight excluding hydrogens is 547 g/mol. The smallest absolute Gasteiger partial charge is 0.356 e. The molecule has 0 saturated carbocycles. The molecule has 0 spiro atoms. The number of nitrogens with one attached hydrogen (secondary N) is 2. The van der Waals surface area contributed by atoms with E-state index >= 15 is 0 Å². The summed E-state index contributed by atoms with van der Waals surface area (Å²) in [4.78, 5) is 23.9. The van der Waals surface area contributed by atoms with Gasteiger partial charge in [-0.3, -0.25) is 4.79 Å². The van der Waals surface area contributed by atoms with Crippen molar-refractivity contribution in [3.05, 3.63) is 83.7 Å². The number of hydrogen-bond donors (Lipinski definition) is 3. The van der Waals surface area contributed by atoms with Crippen molar-refractivity contribution >= 4 is 27.6 Å². The molecule has 0 atom stereocenters. The van der Waals surface area contributed by atoms with E-state index in [0.717, 1.165) is 10.7 Å². The Hall–Kier alpha value is -4.53. The van der Waals surface area contributed by atoms with Crippen molar-refractivity contribution in [1.82, 2.24) is 14.5 Å². The number of aromatic nitrogens is 2. The predicted molar refractivity (Wildman–Crippen MR) is 140 cm³/mol. The zero-order valence-corrected chi connectivity index (χ0v) is 22.2. The van der Waals surface area contributed by atoms with Crippen molar-refractivity contribution in [1.29, 1.82) is 0 Å². The molecule has 0 fully saturated rings. The van der Waals surface area contributed by atoms with Crippen LogP contribution >= 0.6 is 0 Å². The number of rotatable bonds is 12. The largest absolute Gasteiger partial charge is 0.476 e. The average Bonchev–Trinajstić information content (AvgIpc) is 3.56. The van der Waals surface area contributed by atoms with E-state index in [0.29, 0.717) is 13.0 Å². The SMILES string of the molecule is COCCCNS(=O)(=O)c1cc(NC(=O)c2ccco2)ccc1Oc1c(C)c(C(=O)O)nn1-c1cccc(F)c1. The summed E-state index contributed by atoms with van der Waals surface area (Å²) in [5.74, 6) is -2.91. The van der Waals surface area contributed by atoms with Crippen LogP contribution in [-0.2, 0) is 14.8 Å². The van der Waals surface area contributed by atoms with Crippen molar-refractivity contribution < 1.29 is 41.4 Å². The number of halogens is 1. The third-order valence-electron chi connectivity index (χ3n) is 5.58. The third kappa shape index (κ3) is 6.36. The fraction of sp³-hybridized carbons (Fsp3) is 0.192. The van der Waals surface area contributed by atoms with Crippen LogP contribution in [0.25, 0.3) is 5.69 Å². The van der Waals surface area contributed by atoms with Gasteiger partial charge < -0.3 is 24.3 Å². The van der Waals surface area contributed by atoms with Gasteiger partial charge in [-0.25, -0.2) is 22.3 Å². The third-order valence-corrected chi connectivity index (χ3v) is 7.07. The van der Waals surface area contributed by atoms with Crippen LogP contribution < -0.4 is 14.8 Å². The number of amides is 1. The fourth-order valence-corrected chi connectivity index (χ4v) is 4.90. The van der Waals surface area contributed by atoms with E-state index in [1.165, 1.54) is 68.8 Å². The maximum atomic E-state index is 14.0. The number of anilines is 1. The predicted octanol–water partition coefficient (Wildman–Crippen LogP) is 3.97. The summed E-state index contributed by atoms with van der Waals surface area (Å²) >= 11 is 0. The molecule has 4 aromatic rings. The first kappa shape index (κ1) is 28.5. The van der Waals surface area contributed by atoms with Crippen LogP contribution in [-0.4, -0.2) is 55.4 Å². The molecule has 0 bridgehead atoms. The first-order valence-corrected chi connectivity index (χ1v) is 13.3. The van der Waals surface area contributed by atoms with Gasteiger partial charge in [0.25, 0.3) is 5.91 Å². The monoisotopic (exact) mass is 572 g/mol. The van der Waals surface area contributed by atoms with E-state index in [1.807, 2.05) is 0 Å². The molecule has 3 N–H and O–H groups in total. The molecule has 0 aliphatic rings. The van der Waals surface area contributed by atoms with Gasteiger partial charge in [0.15, 0.2) is 11.5 Å². The summed E-state index contributed by atoms with van der Waals surface area (Å²) in [5, 5.41) is 16.2. The second-order valence-electron chi connectivity index (χ2n) is 8.41. The highest BCUT2D eigenvalue weighted by Crippen LogP contribution is 2.35. The highest BCUT2D eigenvalue weighted by molar-refractivity contribution is 7.89. The van der Waals surface area contributed by atoms with Crippen LogP contribution in [0, 0.1) is 12.7 Å². The lowest BCUT2D eigenvalue weighted by molar-refractivity contribution is 0.0689. The Morgan fingerprint density at radius 2 is 1.95 bits per heavy atom. The number of carboxylic acids is 1. The lowest BCUT2D eigenvalue weighted by atomic mass is 10.2. The first-order valence-electron chi connectivity index (χ1n) is 11.8. The summed E-state index contributed by atoms with van der Waals surface area (Å²) < 4.78 is 60.2. The number of aromatic carboxylic acids is 1. The van der Waals surface area contributed by atoms with Crippen molar-refractivity contribution in [3.63, 3.8) is 0 Å². The maximum Gasteiger partial charge on any atom is 0.356 e. The zero-order chi connectivity index (χ0) is 28.9. The number of nitrogens with zero attached hydrogens (tertiary/aromatic N) is 2. The molecule has 2 aromatic carbocycles. The Labute approximate surface area is 228 Å². The molecule has 0 saturated heterocycles. The minimum atomic E-state index is -4.22. The number of carboxylic acid groups (broad SMARTS) is 1. The summed E-state index contributed by atoms with van der Waals surface area (Å²) in [6.45, 7) is 1.79. The van der Waals surface area contributed by atoms with Gasteiger partial charge in [0, 0.05) is 31.5 Å². The number of carbonyl (C=O) groups excluding carboxylic acids is 1. The van der Waals surface area contributed by atoms with Gasteiger partial charge in [0.2, 0.25) is 15.9 Å². The van der Waals surface area contributed by atoms with E-state index in [4.69, 9.17) is 13.9 Å². The van der Waals surface area contributed by atoms with Crippen molar-refractivity contribution in [2.45, 2.75) is 18.2 Å². The standard InChI is InChI=1S/C26H25FN4O8S/c1-16-23(26(33)34)30-31(19-7-3-6-17(27)14-19)25(16)39-20-10-9-18(29-24(32)21-8-4-13-38-21)15-22(20)40(35,36)28-11-5-12-37-2/h3-4,6-10,13-15,28H,5,11-12H2,1-2H3,(H,29,32)(H,33,34). The molecule has 12 nitrogen and oxygen atoms in total. The molecule has 1 amide bonds. The van der Waals surface area contributed by atoms with Gasteiger partial charge in [0.05, 0.1) is 12.0 Å². The minimum absolute atomic E-state index is 0.0123. The fourth-order valence-electron chi connectivity index (χ4n) is 3.67. The lowest BCUT2D eigenvalue weighted by Crippen LogP contribution is -2.26. The van der Waals surface area contributed by atoms with E-state index in [-0.39, 0.29) is 51.5 Å². The number of carbonyl (C=O) groups is 2. The molecule has 2 aromatic heterocycles. The molecule has 0 aliphatic carbocycles. The number of furan rings is 1. The van der Waals surface area contributed by atoms with Crippen LogP contribution in [0.2, 0.25) is 0 Å². The Balaban J connectivity index is 1.78. The second kappa shape index (κ2) is 12.1. The number of benzene rings is 2. The molecule has 14 heteroatoms. The highest BCUT2D eigenvalue weighted by atomic mass is 32.2. The van der Waals surface area contributed by atoms with Gasteiger partial charge in [-0.2, -0.15) is 9.78 Å². The van der Waals surface area contributed by atoms with Gasteiger partial charge in [-0.1, -0.05) is 6.07 Å². The Morgan fingerprint density at radius 3 is 2.62 bits per heavy atom. The number of ether oxygens (including phenoxy) is 2. The van der Waals surface area contributed by atoms with E-state index in [9.17, 15) is 27.5 Å². The average molecular weight is 573 g/mol. The molecule has 210 valence electrons. The van der Waals surface area contributed by atoms with Gasteiger partial charge >= 0.3 is 5.97 Å². The number of hydrogen-bond acceptors (Lipinski definition) is 8. The van der Waals surface area contributed by atoms with Crippen molar-refractivity contribution in [2.75, 3.05) is 25.6 Å². The second-order valence-corrected chi connectivity index (χ2v) is 10.2. The summed E-state index contributed by atoms with van der Waals surface area (Å²) in [7, 11) is -2.73. The molecule has 0 unspecified atom stereocenters. The molecule has 0 aliphatic heterocycles. The Bertz CT molecular complexity index is 1630. The topological polar surface area (TPSA) is 162 Å². The first-order chi connectivity index (χ1) is 19.1. The van der Waals surface area contributed by atoms with E-state index in [1.54, 1.807) is 0 Å². The molecule has 0 radical (unpaired) electrons. The molecule has 4 rings (SSSR count). The van der Waals surface area contributed by atoms with Crippen LogP contribution in [0.5, 0.6) is 11.6 Å². The molecule has 2 heterocycles. The molecule has 40 heavy (non-hydrogen) atoms. The van der Waals surface area contributed by atoms with Gasteiger partial charge in [-0.05, 0) is 61.9 Å². The van der Waals surface area contributed by atoms with Crippen LogP contribution in [0.1, 0.15) is 33.0 Å². The number of sulfonamides is 1. The summed E-state index contributed by atoms with van der Waals surface area (Å²) in [6.07, 6.45) is 1.70. The maximum absolute atomic E-state index is 14.0.